The van der Waals surface area contributed by atoms with Gasteiger partial charge in [0.2, 0.25) is 5.91 Å². The number of H-pyrrole nitrogens is 1. The fourth-order valence-corrected chi connectivity index (χ4v) is 8.05. The zero-order chi connectivity index (χ0) is 37.2. The standard InChI is InChI=1S/C44H44N6O4/c1-29(31-11-5-3-6-12-31)42(51)49-24-10-16-40(49)41-45-38-22-21-35(28-39(38)46-41)34-20-19-32-25-30(17-18-33(32)27-34)26-37-15-9-23-48(37)44(53)50(47-43(52)54-2)36-13-7-4-8-14-36/h3-8,11-14,17-22,25,27-29,37,40H,9-10,15-16,23-24,26H2,1-2H3,(H,45,46)(H,47,52)/t29-,37+,40+/m1/s1. The Hall–Kier alpha value is -6.16. The van der Waals surface area contributed by atoms with E-state index in [9.17, 15) is 14.4 Å². The first-order valence-corrected chi connectivity index (χ1v) is 18.7. The van der Waals surface area contributed by atoms with Crippen LogP contribution in [-0.4, -0.2) is 64.0 Å². The molecule has 2 aliphatic heterocycles. The molecule has 8 rings (SSSR count). The number of nitrogens with one attached hydrogen (secondary N) is 2. The molecule has 0 unspecified atom stereocenters. The highest BCUT2D eigenvalue weighted by Gasteiger charge is 2.35. The van der Waals surface area contributed by atoms with E-state index in [0.717, 1.165) is 82.1 Å². The van der Waals surface area contributed by atoms with Gasteiger partial charge in [-0.05, 0) is 102 Å². The summed E-state index contributed by atoms with van der Waals surface area (Å²) in [6, 6.07) is 38.0. The van der Waals surface area contributed by atoms with Gasteiger partial charge in [-0.15, -0.1) is 0 Å². The second-order valence-corrected chi connectivity index (χ2v) is 14.3. The number of anilines is 1. The fraction of sp³-hybridized carbons (Fsp3) is 0.273. The number of para-hydroxylation sites is 1. The number of aromatic amines is 1. The van der Waals surface area contributed by atoms with Crippen LogP contribution in [0.25, 0.3) is 32.9 Å². The minimum Gasteiger partial charge on any atom is -0.452 e. The number of ether oxygens (including phenoxy) is 1. The molecule has 10 heteroatoms. The summed E-state index contributed by atoms with van der Waals surface area (Å²) in [5.41, 5.74) is 9.37. The van der Waals surface area contributed by atoms with Crippen molar-refractivity contribution in [3.05, 3.63) is 132 Å². The average Bonchev–Trinajstić information content (AvgIpc) is 3.99. The van der Waals surface area contributed by atoms with E-state index in [4.69, 9.17) is 9.72 Å². The molecule has 3 heterocycles. The topological polar surface area (TPSA) is 111 Å². The normalized spacial score (nSPS) is 17.5. The van der Waals surface area contributed by atoms with Crippen molar-refractivity contribution >= 4 is 45.5 Å². The molecule has 274 valence electrons. The van der Waals surface area contributed by atoms with Gasteiger partial charge in [0.25, 0.3) is 0 Å². The first-order valence-electron chi connectivity index (χ1n) is 18.7. The number of nitrogens with zero attached hydrogens (tertiary/aromatic N) is 4. The molecule has 2 fully saturated rings. The lowest BCUT2D eigenvalue weighted by molar-refractivity contribution is -0.133. The summed E-state index contributed by atoms with van der Waals surface area (Å²) < 4.78 is 4.80. The maximum atomic E-state index is 13.8. The van der Waals surface area contributed by atoms with Gasteiger partial charge in [-0.1, -0.05) is 84.9 Å². The Morgan fingerprint density at radius 1 is 0.833 bits per heavy atom. The Morgan fingerprint density at radius 2 is 1.52 bits per heavy atom. The summed E-state index contributed by atoms with van der Waals surface area (Å²) in [5.74, 6) is 0.774. The van der Waals surface area contributed by atoms with Crippen molar-refractivity contribution in [3.8, 4) is 11.1 Å². The van der Waals surface area contributed by atoms with Gasteiger partial charge in [0, 0.05) is 19.1 Å². The molecule has 6 aromatic rings. The van der Waals surface area contributed by atoms with Gasteiger partial charge in [-0.2, -0.15) is 0 Å². The van der Waals surface area contributed by atoms with Crippen molar-refractivity contribution in [2.75, 3.05) is 25.2 Å². The van der Waals surface area contributed by atoms with Crippen LogP contribution in [0.15, 0.2) is 115 Å². The third-order valence-electron chi connectivity index (χ3n) is 10.9. The van der Waals surface area contributed by atoms with E-state index >= 15 is 0 Å². The van der Waals surface area contributed by atoms with Gasteiger partial charge in [-0.3, -0.25) is 4.79 Å². The minimum atomic E-state index is -0.705. The number of rotatable bonds is 7. The van der Waals surface area contributed by atoms with Crippen LogP contribution in [-0.2, 0) is 16.0 Å². The largest absolute Gasteiger partial charge is 0.452 e. The van der Waals surface area contributed by atoms with Gasteiger partial charge in [-0.25, -0.2) is 25.0 Å². The maximum absolute atomic E-state index is 13.8. The Kier molecular flexibility index (Phi) is 9.73. The van der Waals surface area contributed by atoms with E-state index in [1.807, 2.05) is 65.3 Å². The van der Waals surface area contributed by atoms with E-state index in [2.05, 4.69) is 65.0 Å². The van der Waals surface area contributed by atoms with Gasteiger partial charge in [0.05, 0.1) is 35.8 Å². The predicted molar refractivity (Wildman–Crippen MR) is 211 cm³/mol. The van der Waals surface area contributed by atoms with Gasteiger partial charge < -0.3 is 19.5 Å². The number of hydrazine groups is 1. The Morgan fingerprint density at radius 3 is 2.31 bits per heavy atom. The Balaban J connectivity index is 0.975. The lowest BCUT2D eigenvalue weighted by Crippen LogP contribution is -2.54. The van der Waals surface area contributed by atoms with E-state index in [1.54, 1.807) is 12.1 Å². The molecule has 1 aromatic heterocycles. The summed E-state index contributed by atoms with van der Waals surface area (Å²) >= 11 is 0. The van der Waals surface area contributed by atoms with Crippen LogP contribution < -0.4 is 10.4 Å². The molecule has 2 saturated heterocycles. The van der Waals surface area contributed by atoms with Crippen LogP contribution in [0.2, 0.25) is 0 Å². The number of amides is 4. The van der Waals surface area contributed by atoms with Crippen molar-refractivity contribution in [2.45, 2.75) is 57.0 Å². The molecule has 0 bridgehead atoms. The number of benzene rings is 5. The zero-order valence-electron chi connectivity index (χ0n) is 30.6. The van der Waals surface area contributed by atoms with E-state index < -0.39 is 6.09 Å². The molecule has 0 saturated carbocycles. The summed E-state index contributed by atoms with van der Waals surface area (Å²) in [6.07, 6.45) is 3.62. The Bertz CT molecular complexity index is 2310. The highest BCUT2D eigenvalue weighted by molar-refractivity contribution is 5.95. The summed E-state index contributed by atoms with van der Waals surface area (Å²) in [7, 11) is 1.28. The molecule has 0 aliphatic carbocycles. The van der Waals surface area contributed by atoms with Crippen LogP contribution in [0.1, 0.15) is 61.5 Å². The zero-order valence-corrected chi connectivity index (χ0v) is 30.6. The number of urea groups is 1. The van der Waals surface area contributed by atoms with E-state index in [1.165, 1.54) is 12.1 Å². The molecule has 5 aromatic carbocycles. The van der Waals surface area contributed by atoms with Crippen molar-refractivity contribution in [1.82, 2.24) is 25.2 Å². The van der Waals surface area contributed by atoms with Gasteiger partial charge >= 0.3 is 12.1 Å². The lowest BCUT2D eigenvalue weighted by atomic mass is 9.97. The maximum Gasteiger partial charge on any atom is 0.426 e. The van der Waals surface area contributed by atoms with Crippen molar-refractivity contribution < 1.29 is 19.1 Å². The summed E-state index contributed by atoms with van der Waals surface area (Å²) in [5, 5.41) is 3.53. The minimum absolute atomic E-state index is 0.00685. The second kappa shape index (κ2) is 15.1. The highest BCUT2D eigenvalue weighted by atomic mass is 16.5. The number of methoxy groups -OCH3 is 1. The Labute approximate surface area is 314 Å². The molecular formula is C44H44N6O4. The molecule has 0 spiro atoms. The van der Waals surface area contributed by atoms with E-state index in [-0.39, 0.29) is 29.9 Å². The molecule has 4 amide bonds. The number of imidazole rings is 1. The molecule has 54 heavy (non-hydrogen) atoms. The van der Waals surface area contributed by atoms with Crippen molar-refractivity contribution in [3.63, 3.8) is 0 Å². The number of hydrogen-bond donors (Lipinski definition) is 2. The van der Waals surface area contributed by atoms with Crippen LogP contribution in [0.3, 0.4) is 0 Å². The monoisotopic (exact) mass is 720 g/mol. The molecule has 10 nitrogen and oxygen atoms in total. The first kappa shape index (κ1) is 34.9. The SMILES string of the molecule is COC(=O)NN(C(=O)N1CCC[C@H]1Cc1ccc2cc(-c3ccc4nc([C@@H]5CCCN5C(=O)[C@H](C)c5ccccc5)[nH]c4c3)ccc2c1)c1ccccc1. The number of carbonyl (C=O) groups is 3. The van der Waals surface area contributed by atoms with Crippen LogP contribution in [0.5, 0.6) is 0 Å². The molecule has 2 N–H and O–H groups in total. The number of carbonyl (C=O) groups excluding carboxylic acids is 3. The quantitative estimate of drug-likeness (QED) is 0.160. The summed E-state index contributed by atoms with van der Waals surface area (Å²) in [4.78, 5) is 51.9. The molecular weight excluding hydrogens is 677 g/mol. The predicted octanol–water partition coefficient (Wildman–Crippen LogP) is 8.75. The smallest absolute Gasteiger partial charge is 0.426 e. The van der Waals surface area contributed by atoms with E-state index in [0.29, 0.717) is 18.7 Å². The van der Waals surface area contributed by atoms with Crippen molar-refractivity contribution in [1.29, 1.82) is 0 Å². The third-order valence-corrected chi connectivity index (χ3v) is 10.9. The fourth-order valence-electron chi connectivity index (χ4n) is 8.05. The van der Waals surface area contributed by atoms with Crippen LogP contribution in [0.4, 0.5) is 15.3 Å². The molecule has 0 radical (unpaired) electrons. The molecule has 3 atom stereocenters. The van der Waals surface area contributed by atoms with Crippen molar-refractivity contribution in [2.24, 2.45) is 0 Å². The molecule has 2 aliphatic rings. The highest BCUT2D eigenvalue weighted by Crippen LogP contribution is 2.35. The average molecular weight is 721 g/mol. The first-order chi connectivity index (χ1) is 26.4. The van der Waals surface area contributed by atoms with Gasteiger partial charge in [0.1, 0.15) is 5.82 Å². The number of aromatic nitrogens is 2. The van der Waals surface area contributed by atoms with Gasteiger partial charge in [0.15, 0.2) is 0 Å². The summed E-state index contributed by atoms with van der Waals surface area (Å²) in [6.45, 7) is 3.34. The van der Waals surface area contributed by atoms with Crippen LogP contribution >= 0.6 is 0 Å². The number of fused-ring (bicyclic) bond motifs is 2. The van der Waals surface area contributed by atoms with Crippen LogP contribution in [0, 0.1) is 0 Å². The third kappa shape index (κ3) is 6.99. The lowest BCUT2D eigenvalue weighted by Gasteiger charge is -2.31. The number of hydrogen-bond acceptors (Lipinski definition) is 5. The number of likely N-dealkylation sites (tertiary alicyclic amines) is 2. The second-order valence-electron chi connectivity index (χ2n) is 14.3.